The highest BCUT2D eigenvalue weighted by molar-refractivity contribution is 5.93. The summed E-state index contributed by atoms with van der Waals surface area (Å²) < 4.78 is 37.5. The molecule has 1 unspecified atom stereocenters. The van der Waals surface area contributed by atoms with Crippen molar-refractivity contribution in [1.29, 1.82) is 0 Å². The summed E-state index contributed by atoms with van der Waals surface area (Å²) in [7, 11) is 0. The van der Waals surface area contributed by atoms with Gasteiger partial charge in [0.2, 0.25) is 0 Å². The molecule has 0 aromatic heterocycles. The van der Waals surface area contributed by atoms with E-state index in [-0.39, 0.29) is 11.1 Å². The Morgan fingerprint density at radius 3 is 2.58 bits per heavy atom. The van der Waals surface area contributed by atoms with Crippen molar-refractivity contribution in [3.8, 4) is 0 Å². The quantitative estimate of drug-likeness (QED) is 0.654. The highest BCUT2D eigenvalue weighted by atomic mass is 19.4. The first kappa shape index (κ1) is 15.2. The number of nitrogens with two attached hydrogens (primary N) is 1. The molecular weight excluding hydrogens is 263 g/mol. The van der Waals surface area contributed by atoms with Crippen molar-refractivity contribution in [1.82, 2.24) is 0 Å². The van der Waals surface area contributed by atoms with Crippen LogP contribution in [0.1, 0.15) is 18.1 Å². The summed E-state index contributed by atoms with van der Waals surface area (Å²) in [6.07, 6.45) is -4.33. The van der Waals surface area contributed by atoms with Gasteiger partial charge in [-0.15, -0.1) is 0 Å². The third kappa shape index (κ3) is 4.08. The molecule has 4 nitrogen and oxygen atoms in total. The Morgan fingerprint density at radius 1 is 1.47 bits per heavy atom. The maximum Gasteiger partial charge on any atom is 0.416 e. The molecule has 0 heterocycles. The van der Waals surface area contributed by atoms with E-state index in [1.165, 1.54) is 19.1 Å². The number of hydrogen-bond acceptors (Lipinski definition) is 3. The Morgan fingerprint density at radius 2 is 2.11 bits per heavy atom. The van der Waals surface area contributed by atoms with E-state index in [0.717, 1.165) is 18.2 Å². The van der Waals surface area contributed by atoms with Crippen LogP contribution in [-0.4, -0.2) is 17.2 Å². The Labute approximate surface area is 107 Å². The van der Waals surface area contributed by atoms with Crippen LogP contribution >= 0.6 is 0 Å². The zero-order chi connectivity index (χ0) is 14.6. The Balaban J connectivity index is 3.19. The number of carboxylic acid groups (broad SMARTS) is 1. The summed E-state index contributed by atoms with van der Waals surface area (Å²) in [5.41, 5.74) is -0.981. The molecule has 0 fully saturated rings. The van der Waals surface area contributed by atoms with Crippen LogP contribution in [0, 0.1) is 0 Å². The Bertz CT molecular complexity index is 497. The van der Waals surface area contributed by atoms with Gasteiger partial charge in [-0.1, -0.05) is 12.1 Å². The predicted octanol–water partition coefficient (Wildman–Crippen LogP) is 2.45. The normalized spacial score (nSPS) is 14.3. The molecule has 19 heavy (non-hydrogen) atoms. The van der Waals surface area contributed by atoms with Gasteiger partial charge in [-0.05, 0) is 30.7 Å². The van der Waals surface area contributed by atoms with Crippen molar-refractivity contribution >= 4 is 12.0 Å². The summed E-state index contributed by atoms with van der Waals surface area (Å²) in [5, 5.41) is 8.94. The number of halogens is 3. The van der Waals surface area contributed by atoms with Gasteiger partial charge in [-0.2, -0.15) is 13.2 Å². The molecule has 0 saturated heterocycles. The minimum absolute atomic E-state index is 0.108. The van der Waals surface area contributed by atoms with Crippen LogP contribution < -0.4 is 5.90 Å². The molecule has 0 spiro atoms. The van der Waals surface area contributed by atoms with E-state index in [1.807, 2.05) is 0 Å². The average molecular weight is 275 g/mol. The van der Waals surface area contributed by atoms with E-state index in [4.69, 9.17) is 11.0 Å². The van der Waals surface area contributed by atoms with Crippen molar-refractivity contribution in [3.05, 3.63) is 41.0 Å². The third-order valence-electron chi connectivity index (χ3n) is 2.43. The molecule has 1 aromatic rings. The molecule has 104 valence electrons. The van der Waals surface area contributed by atoms with Gasteiger partial charge in [0, 0.05) is 0 Å². The Kier molecular flexibility index (Phi) is 4.68. The minimum atomic E-state index is -4.48. The number of rotatable bonds is 4. The first-order chi connectivity index (χ1) is 8.75. The van der Waals surface area contributed by atoms with E-state index in [2.05, 4.69) is 4.84 Å². The first-order valence-corrected chi connectivity index (χ1v) is 5.23. The number of aliphatic carboxylic acids is 1. The summed E-state index contributed by atoms with van der Waals surface area (Å²) in [5.74, 6) is 3.57. The standard InChI is InChI=1S/C12H12F3NO3/c1-7(19-16)10(11(17)18)6-8-3-2-4-9(5-8)12(13,14)15/h2-7H,16H2,1H3,(H,17,18). The molecule has 0 aliphatic rings. The fraction of sp³-hybridized carbons (Fsp3) is 0.250. The summed E-state index contributed by atoms with van der Waals surface area (Å²) in [6, 6.07) is 4.32. The minimum Gasteiger partial charge on any atom is -0.478 e. The second kappa shape index (κ2) is 5.85. The van der Waals surface area contributed by atoms with E-state index < -0.39 is 23.8 Å². The fourth-order valence-electron chi connectivity index (χ4n) is 1.41. The number of benzene rings is 1. The van der Waals surface area contributed by atoms with Gasteiger partial charge in [0.05, 0.1) is 11.1 Å². The molecule has 0 saturated carbocycles. The van der Waals surface area contributed by atoms with Crippen molar-refractivity contribution in [2.45, 2.75) is 19.2 Å². The fourth-order valence-corrected chi connectivity index (χ4v) is 1.41. The highest BCUT2D eigenvalue weighted by Crippen LogP contribution is 2.30. The van der Waals surface area contributed by atoms with Crippen LogP contribution in [0.5, 0.6) is 0 Å². The molecule has 1 rings (SSSR count). The van der Waals surface area contributed by atoms with Crippen LogP contribution in [0.25, 0.3) is 6.08 Å². The van der Waals surface area contributed by atoms with Gasteiger partial charge < -0.3 is 5.11 Å². The maximum absolute atomic E-state index is 12.5. The largest absolute Gasteiger partial charge is 0.478 e. The number of hydrogen-bond donors (Lipinski definition) is 2. The molecule has 1 aromatic carbocycles. The van der Waals surface area contributed by atoms with Gasteiger partial charge in [-0.3, -0.25) is 4.84 Å². The zero-order valence-corrected chi connectivity index (χ0v) is 9.94. The van der Waals surface area contributed by atoms with Crippen LogP contribution in [-0.2, 0) is 15.8 Å². The van der Waals surface area contributed by atoms with E-state index in [0.29, 0.717) is 0 Å². The second-order valence-electron chi connectivity index (χ2n) is 3.81. The van der Waals surface area contributed by atoms with E-state index >= 15 is 0 Å². The highest BCUT2D eigenvalue weighted by Gasteiger charge is 2.30. The molecule has 0 radical (unpaired) electrons. The summed E-state index contributed by atoms with van der Waals surface area (Å²) in [6.45, 7) is 1.38. The van der Waals surface area contributed by atoms with Crippen LogP contribution in [0.3, 0.4) is 0 Å². The number of carbonyl (C=O) groups is 1. The van der Waals surface area contributed by atoms with Gasteiger partial charge in [0.25, 0.3) is 0 Å². The zero-order valence-electron chi connectivity index (χ0n) is 9.94. The lowest BCUT2D eigenvalue weighted by Crippen LogP contribution is -2.21. The van der Waals surface area contributed by atoms with Gasteiger partial charge in [0.15, 0.2) is 0 Å². The van der Waals surface area contributed by atoms with Crippen LogP contribution in [0.15, 0.2) is 29.8 Å². The number of carboxylic acids is 1. The molecule has 7 heteroatoms. The maximum atomic E-state index is 12.5. The third-order valence-corrected chi connectivity index (χ3v) is 2.43. The van der Waals surface area contributed by atoms with Crippen molar-refractivity contribution < 1.29 is 27.9 Å². The van der Waals surface area contributed by atoms with E-state index in [9.17, 15) is 18.0 Å². The second-order valence-corrected chi connectivity index (χ2v) is 3.81. The lowest BCUT2D eigenvalue weighted by atomic mass is 10.0. The lowest BCUT2D eigenvalue weighted by Gasteiger charge is -2.10. The molecular formula is C12H12F3NO3. The molecule has 0 aliphatic heterocycles. The molecule has 0 amide bonds. The average Bonchev–Trinajstić information content (AvgIpc) is 2.34. The van der Waals surface area contributed by atoms with Crippen LogP contribution in [0.2, 0.25) is 0 Å². The molecule has 3 N–H and O–H groups in total. The van der Waals surface area contributed by atoms with Crippen molar-refractivity contribution in [2.24, 2.45) is 5.90 Å². The van der Waals surface area contributed by atoms with Crippen LogP contribution in [0.4, 0.5) is 13.2 Å². The van der Waals surface area contributed by atoms with Crippen molar-refractivity contribution in [3.63, 3.8) is 0 Å². The first-order valence-electron chi connectivity index (χ1n) is 5.23. The lowest BCUT2D eigenvalue weighted by molar-refractivity contribution is -0.137. The van der Waals surface area contributed by atoms with Crippen molar-refractivity contribution in [2.75, 3.05) is 0 Å². The van der Waals surface area contributed by atoms with Gasteiger partial charge >= 0.3 is 12.1 Å². The monoisotopic (exact) mass is 275 g/mol. The number of alkyl halides is 3. The smallest absolute Gasteiger partial charge is 0.416 e. The topological polar surface area (TPSA) is 72.5 Å². The van der Waals surface area contributed by atoms with Gasteiger partial charge in [-0.25, -0.2) is 10.7 Å². The predicted molar refractivity (Wildman–Crippen MR) is 61.8 cm³/mol. The summed E-state index contributed by atoms with van der Waals surface area (Å²) >= 11 is 0. The Hall–Kier alpha value is -1.86. The van der Waals surface area contributed by atoms with Gasteiger partial charge in [0.1, 0.15) is 6.10 Å². The SMILES string of the molecule is CC(ON)C(=Cc1cccc(C(F)(F)F)c1)C(=O)O. The van der Waals surface area contributed by atoms with E-state index in [1.54, 1.807) is 0 Å². The molecule has 0 bridgehead atoms. The summed E-state index contributed by atoms with van der Waals surface area (Å²) in [4.78, 5) is 15.3. The molecule has 1 atom stereocenters. The molecule has 0 aliphatic carbocycles.